The fourth-order valence-corrected chi connectivity index (χ4v) is 5.62. The molecule has 1 amide bonds. The Kier molecular flexibility index (Phi) is 7.48. The van der Waals surface area contributed by atoms with E-state index in [1.165, 1.54) is 35.2 Å². The SMILES string of the molecule is Cc1ccccc1[C@@H]1[C@H]2CNC[C@H]2CN1C(=O)CCc1n[nH]c2c1CCCC2.Cl.Cl. The highest BCUT2D eigenvalue weighted by molar-refractivity contribution is 5.85. The third-order valence-corrected chi connectivity index (χ3v) is 7.11. The molecule has 0 spiro atoms. The Hall–Kier alpha value is -1.56. The number of carbonyl (C=O) groups excluding carboxylic acids is 1. The Morgan fingerprint density at radius 2 is 1.97 bits per heavy atom. The van der Waals surface area contributed by atoms with Gasteiger partial charge in [0, 0.05) is 44.1 Å². The van der Waals surface area contributed by atoms with Gasteiger partial charge in [0.15, 0.2) is 0 Å². The number of nitrogens with one attached hydrogen (secondary N) is 2. The number of aryl methyl sites for hydroxylation is 3. The van der Waals surface area contributed by atoms with Crippen LogP contribution in [0.15, 0.2) is 24.3 Å². The number of halogens is 2. The molecular formula is C23H32Cl2N4O. The number of amides is 1. The molecule has 7 heteroatoms. The second-order valence-corrected chi connectivity index (χ2v) is 8.76. The van der Waals surface area contributed by atoms with Crippen molar-refractivity contribution >= 4 is 30.7 Å². The van der Waals surface area contributed by atoms with E-state index in [1.54, 1.807) is 0 Å². The fourth-order valence-electron chi connectivity index (χ4n) is 5.62. The molecule has 0 unspecified atom stereocenters. The molecule has 2 saturated heterocycles. The summed E-state index contributed by atoms with van der Waals surface area (Å²) in [7, 11) is 0. The first-order chi connectivity index (χ1) is 13.7. The largest absolute Gasteiger partial charge is 0.335 e. The topological polar surface area (TPSA) is 61.0 Å². The number of aromatic amines is 1. The van der Waals surface area contributed by atoms with Gasteiger partial charge in [-0.25, -0.2) is 0 Å². The van der Waals surface area contributed by atoms with Crippen molar-refractivity contribution in [2.45, 2.75) is 51.5 Å². The van der Waals surface area contributed by atoms with E-state index in [-0.39, 0.29) is 36.8 Å². The van der Waals surface area contributed by atoms with Crippen LogP contribution in [-0.2, 0) is 24.1 Å². The maximum atomic E-state index is 13.3. The predicted octanol–water partition coefficient (Wildman–Crippen LogP) is 3.79. The van der Waals surface area contributed by atoms with Crippen LogP contribution in [0.2, 0.25) is 0 Å². The molecule has 3 aliphatic rings. The van der Waals surface area contributed by atoms with Crippen LogP contribution in [0, 0.1) is 18.8 Å². The molecule has 3 heterocycles. The van der Waals surface area contributed by atoms with Crippen molar-refractivity contribution in [2.75, 3.05) is 19.6 Å². The van der Waals surface area contributed by atoms with Crippen LogP contribution in [-0.4, -0.2) is 40.6 Å². The molecule has 0 radical (unpaired) electrons. The van der Waals surface area contributed by atoms with Gasteiger partial charge in [0.1, 0.15) is 0 Å². The number of hydrogen-bond donors (Lipinski definition) is 2. The second-order valence-electron chi connectivity index (χ2n) is 8.76. The van der Waals surface area contributed by atoms with Gasteiger partial charge in [0.2, 0.25) is 5.91 Å². The third kappa shape index (κ3) is 4.12. The first-order valence-corrected chi connectivity index (χ1v) is 10.8. The summed E-state index contributed by atoms with van der Waals surface area (Å²) in [5.74, 6) is 1.39. The molecule has 2 aromatic rings. The van der Waals surface area contributed by atoms with Gasteiger partial charge in [-0.1, -0.05) is 24.3 Å². The zero-order chi connectivity index (χ0) is 19.1. The molecular weight excluding hydrogens is 419 g/mol. The molecule has 0 bridgehead atoms. The molecule has 5 rings (SSSR count). The molecule has 2 N–H and O–H groups in total. The van der Waals surface area contributed by atoms with Gasteiger partial charge < -0.3 is 10.2 Å². The molecule has 1 aliphatic carbocycles. The number of benzene rings is 1. The van der Waals surface area contributed by atoms with Crippen LogP contribution >= 0.6 is 24.8 Å². The summed E-state index contributed by atoms with van der Waals surface area (Å²) in [4.78, 5) is 15.5. The summed E-state index contributed by atoms with van der Waals surface area (Å²) in [6, 6.07) is 8.79. The number of H-pyrrole nitrogens is 1. The summed E-state index contributed by atoms with van der Waals surface area (Å²) >= 11 is 0. The Balaban J connectivity index is 0.00000128. The number of hydrogen-bond acceptors (Lipinski definition) is 3. The lowest BCUT2D eigenvalue weighted by Crippen LogP contribution is -2.35. The lowest BCUT2D eigenvalue weighted by atomic mass is 9.87. The maximum Gasteiger partial charge on any atom is 0.223 e. The van der Waals surface area contributed by atoms with E-state index in [9.17, 15) is 4.79 Å². The first kappa shape index (κ1) is 23.1. The van der Waals surface area contributed by atoms with Crippen LogP contribution in [0.1, 0.15) is 53.4 Å². The lowest BCUT2D eigenvalue weighted by molar-refractivity contribution is -0.132. The molecule has 3 atom stereocenters. The van der Waals surface area contributed by atoms with Crippen molar-refractivity contribution in [1.29, 1.82) is 0 Å². The maximum absolute atomic E-state index is 13.3. The number of nitrogens with zero attached hydrogens (tertiary/aromatic N) is 2. The molecule has 1 aromatic carbocycles. The van der Waals surface area contributed by atoms with Crippen LogP contribution in [0.4, 0.5) is 0 Å². The average molecular weight is 451 g/mol. The first-order valence-electron chi connectivity index (χ1n) is 10.8. The smallest absolute Gasteiger partial charge is 0.223 e. The lowest BCUT2D eigenvalue weighted by Gasteiger charge is -2.29. The summed E-state index contributed by atoms with van der Waals surface area (Å²) in [6.07, 6.45) is 6.03. The van der Waals surface area contributed by atoms with Crippen LogP contribution < -0.4 is 5.32 Å². The zero-order valence-corrected chi connectivity index (χ0v) is 19.2. The van der Waals surface area contributed by atoms with E-state index in [2.05, 4.69) is 51.6 Å². The molecule has 2 fully saturated rings. The van der Waals surface area contributed by atoms with Crippen molar-refractivity contribution in [3.8, 4) is 0 Å². The normalized spacial score (nSPS) is 24.6. The highest BCUT2D eigenvalue weighted by atomic mass is 35.5. The number of aromatic nitrogens is 2. The highest BCUT2D eigenvalue weighted by Crippen LogP contribution is 2.43. The minimum absolute atomic E-state index is 0. The Morgan fingerprint density at radius 1 is 1.17 bits per heavy atom. The van der Waals surface area contributed by atoms with E-state index in [1.807, 2.05) is 0 Å². The van der Waals surface area contributed by atoms with E-state index in [0.29, 0.717) is 18.3 Å². The van der Waals surface area contributed by atoms with Crippen LogP contribution in [0.5, 0.6) is 0 Å². The van der Waals surface area contributed by atoms with Crippen molar-refractivity contribution in [1.82, 2.24) is 20.4 Å². The predicted molar refractivity (Wildman–Crippen MR) is 124 cm³/mol. The van der Waals surface area contributed by atoms with E-state index in [4.69, 9.17) is 0 Å². The molecule has 164 valence electrons. The van der Waals surface area contributed by atoms with Crippen LogP contribution in [0.25, 0.3) is 0 Å². The molecule has 1 aromatic heterocycles. The van der Waals surface area contributed by atoms with Crippen molar-refractivity contribution in [3.63, 3.8) is 0 Å². The fraction of sp³-hybridized carbons (Fsp3) is 0.565. The van der Waals surface area contributed by atoms with E-state index >= 15 is 0 Å². The van der Waals surface area contributed by atoms with Crippen molar-refractivity contribution in [3.05, 3.63) is 52.3 Å². The number of likely N-dealkylation sites (tertiary alicyclic amines) is 1. The Bertz CT molecular complexity index is 884. The monoisotopic (exact) mass is 450 g/mol. The number of carbonyl (C=O) groups is 1. The summed E-state index contributed by atoms with van der Waals surface area (Å²) in [5.41, 5.74) is 6.42. The molecule has 2 aliphatic heterocycles. The van der Waals surface area contributed by atoms with E-state index in [0.717, 1.165) is 44.6 Å². The Morgan fingerprint density at radius 3 is 2.80 bits per heavy atom. The minimum Gasteiger partial charge on any atom is -0.335 e. The van der Waals surface area contributed by atoms with Gasteiger partial charge >= 0.3 is 0 Å². The molecule has 30 heavy (non-hydrogen) atoms. The summed E-state index contributed by atoms with van der Waals surface area (Å²) < 4.78 is 0. The number of fused-ring (bicyclic) bond motifs is 2. The number of rotatable bonds is 4. The average Bonchev–Trinajstić information content (AvgIpc) is 3.41. The Labute approximate surface area is 191 Å². The highest BCUT2D eigenvalue weighted by Gasteiger charge is 2.46. The van der Waals surface area contributed by atoms with Gasteiger partial charge in [-0.3, -0.25) is 9.89 Å². The van der Waals surface area contributed by atoms with Gasteiger partial charge in [-0.2, -0.15) is 5.10 Å². The molecule has 0 saturated carbocycles. The van der Waals surface area contributed by atoms with E-state index < -0.39 is 0 Å². The van der Waals surface area contributed by atoms with Gasteiger partial charge in [-0.15, -0.1) is 24.8 Å². The van der Waals surface area contributed by atoms with Crippen molar-refractivity contribution in [2.24, 2.45) is 11.8 Å². The van der Waals surface area contributed by atoms with Gasteiger partial charge in [0.05, 0.1) is 11.7 Å². The molecule has 5 nitrogen and oxygen atoms in total. The minimum atomic E-state index is 0. The zero-order valence-electron chi connectivity index (χ0n) is 17.5. The van der Waals surface area contributed by atoms with Crippen molar-refractivity contribution < 1.29 is 4.79 Å². The summed E-state index contributed by atoms with van der Waals surface area (Å²) in [5, 5.41) is 11.3. The standard InChI is InChI=1S/C23H30N4O.2ClH/c1-15-6-2-3-7-17(15)23-19-13-24-12-16(19)14-27(23)22(28)11-10-21-18-8-4-5-9-20(18)25-26-21;;/h2-3,6-7,16,19,23-24H,4-5,8-14H2,1H3,(H,25,26);2*1H/t16-,19-,23+;;/m0../s1. The van der Waals surface area contributed by atoms with Gasteiger partial charge in [0.25, 0.3) is 0 Å². The summed E-state index contributed by atoms with van der Waals surface area (Å²) in [6.45, 7) is 5.10. The van der Waals surface area contributed by atoms with Gasteiger partial charge in [-0.05, 0) is 55.2 Å². The quantitative estimate of drug-likeness (QED) is 0.744. The third-order valence-electron chi connectivity index (χ3n) is 7.11. The van der Waals surface area contributed by atoms with Crippen LogP contribution in [0.3, 0.4) is 0 Å². The second kappa shape index (κ2) is 9.71.